The van der Waals surface area contributed by atoms with Crippen LogP contribution in [-0.2, 0) is 14.8 Å². The van der Waals surface area contributed by atoms with Crippen molar-refractivity contribution in [1.29, 1.82) is 0 Å². The van der Waals surface area contributed by atoms with Crippen LogP contribution in [0.15, 0.2) is 29.2 Å². The molecule has 0 amide bonds. The third-order valence-corrected chi connectivity index (χ3v) is 4.95. The molecule has 1 aliphatic heterocycles. The molecule has 0 aliphatic carbocycles. The number of rotatable bonds is 2. The number of nitrogens with zero attached hydrogens (tertiary/aromatic N) is 1. The standard InChI is InChI=1S/C11H14ClNO3S/c1-9-8-16-6-5-13(9)17(14,15)11-4-2-3-10(12)7-11/h2-4,7,9H,5-6,8H2,1H3. The SMILES string of the molecule is CC1COCCN1S(=O)(=O)c1cccc(Cl)c1. The third-order valence-electron chi connectivity index (χ3n) is 2.71. The van der Waals surface area contributed by atoms with Crippen LogP contribution in [0.2, 0.25) is 5.02 Å². The monoisotopic (exact) mass is 275 g/mol. The Kier molecular flexibility index (Phi) is 3.73. The third kappa shape index (κ3) is 2.63. The van der Waals surface area contributed by atoms with Crippen molar-refractivity contribution in [2.75, 3.05) is 19.8 Å². The van der Waals surface area contributed by atoms with E-state index in [1.807, 2.05) is 6.92 Å². The van der Waals surface area contributed by atoms with E-state index < -0.39 is 10.0 Å². The number of benzene rings is 1. The molecule has 94 valence electrons. The van der Waals surface area contributed by atoms with E-state index in [-0.39, 0.29) is 10.9 Å². The second-order valence-corrected chi connectivity index (χ2v) is 6.32. The van der Waals surface area contributed by atoms with Crippen LogP contribution in [0.4, 0.5) is 0 Å². The molecule has 0 saturated carbocycles. The van der Waals surface area contributed by atoms with Gasteiger partial charge in [0, 0.05) is 17.6 Å². The predicted octanol–water partition coefficient (Wildman–Crippen LogP) is 1.75. The van der Waals surface area contributed by atoms with Crippen molar-refractivity contribution < 1.29 is 13.2 Å². The highest BCUT2D eigenvalue weighted by molar-refractivity contribution is 7.89. The van der Waals surface area contributed by atoms with Gasteiger partial charge in [0.25, 0.3) is 0 Å². The van der Waals surface area contributed by atoms with Crippen LogP contribution in [0.1, 0.15) is 6.92 Å². The number of halogens is 1. The summed E-state index contributed by atoms with van der Waals surface area (Å²) in [4.78, 5) is 0.235. The van der Waals surface area contributed by atoms with Gasteiger partial charge in [0.15, 0.2) is 0 Å². The highest BCUT2D eigenvalue weighted by Gasteiger charge is 2.31. The second kappa shape index (κ2) is 4.94. The van der Waals surface area contributed by atoms with Crippen molar-refractivity contribution in [3.8, 4) is 0 Å². The minimum Gasteiger partial charge on any atom is -0.378 e. The lowest BCUT2D eigenvalue weighted by atomic mass is 10.3. The molecule has 1 aromatic carbocycles. The molecule has 17 heavy (non-hydrogen) atoms. The van der Waals surface area contributed by atoms with E-state index in [9.17, 15) is 8.42 Å². The molecular weight excluding hydrogens is 262 g/mol. The molecule has 1 saturated heterocycles. The van der Waals surface area contributed by atoms with Crippen LogP contribution in [-0.4, -0.2) is 38.5 Å². The zero-order chi connectivity index (χ0) is 12.5. The first-order valence-corrected chi connectivity index (χ1v) is 7.19. The van der Waals surface area contributed by atoms with Crippen LogP contribution < -0.4 is 0 Å². The number of ether oxygens (including phenoxy) is 1. The lowest BCUT2D eigenvalue weighted by molar-refractivity contribution is 0.0393. The lowest BCUT2D eigenvalue weighted by Crippen LogP contribution is -2.46. The molecule has 0 aromatic heterocycles. The summed E-state index contributed by atoms with van der Waals surface area (Å²) in [7, 11) is -3.46. The average Bonchev–Trinajstić information content (AvgIpc) is 2.29. The van der Waals surface area contributed by atoms with E-state index in [0.717, 1.165) is 0 Å². The molecule has 1 unspecified atom stereocenters. The van der Waals surface area contributed by atoms with Gasteiger partial charge in [-0.3, -0.25) is 0 Å². The minimum atomic E-state index is -3.46. The Balaban J connectivity index is 2.35. The summed E-state index contributed by atoms with van der Waals surface area (Å²) in [6.07, 6.45) is 0. The van der Waals surface area contributed by atoms with Crippen LogP contribution in [0.3, 0.4) is 0 Å². The highest BCUT2D eigenvalue weighted by Crippen LogP contribution is 2.22. The van der Waals surface area contributed by atoms with E-state index in [4.69, 9.17) is 16.3 Å². The maximum atomic E-state index is 12.4. The summed E-state index contributed by atoms with van der Waals surface area (Å²) < 4.78 is 31.4. The Hall–Kier alpha value is -0.620. The first kappa shape index (κ1) is 12.8. The van der Waals surface area contributed by atoms with E-state index in [1.54, 1.807) is 18.2 Å². The van der Waals surface area contributed by atoms with Crippen molar-refractivity contribution in [3.05, 3.63) is 29.3 Å². The molecule has 1 aromatic rings. The smallest absolute Gasteiger partial charge is 0.243 e. The summed E-state index contributed by atoms with van der Waals surface area (Å²) in [5.74, 6) is 0. The number of hydrogen-bond donors (Lipinski definition) is 0. The van der Waals surface area contributed by atoms with Crippen molar-refractivity contribution in [2.24, 2.45) is 0 Å². The maximum absolute atomic E-state index is 12.4. The van der Waals surface area contributed by atoms with E-state index in [2.05, 4.69) is 0 Å². The molecule has 2 rings (SSSR count). The Bertz CT molecular complexity index is 503. The molecule has 1 heterocycles. The Morgan fingerprint density at radius 3 is 2.88 bits per heavy atom. The Morgan fingerprint density at radius 2 is 2.24 bits per heavy atom. The molecule has 0 bridgehead atoms. The van der Waals surface area contributed by atoms with Gasteiger partial charge >= 0.3 is 0 Å². The minimum absolute atomic E-state index is 0.146. The van der Waals surface area contributed by atoms with Gasteiger partial charge in [-0.1, -0.05) is 17.7 Å². The molecule has 1 fully saturated rings. The van der Waals surface area contributed by atoms with E-state index >= 15 is 0 Å². The van der Waals surface area contributed by atoms with Gasteiger partial charge < -0.3 is 4.74 Å². The molecule has 6 heteroatoms. The van der Waals surface area contributed by atoms with E-state index in [0.29, 0.717) is 24.8 Å². The van der Waals surface area contributed by atoms with Crippen molar-refractivity contribution >= 4 is 21.6 Å². The van der Waals surface area contributed by atoms with Crippen LogP contribution in [0, 0.1) is 0 Å². The van der Waals surface area contributed by atoms with Gasteiger partial charge in [-0.05, 0) is 25.1 Å². The Labute approximate surface area is 106 Å². The topological polar surface area (TPSA) is 46.6 Å². The Morgan fingerprint density at radius 1 is 1.47 bits per heavy atom. The molecule has 1 aliphatic rings. The van der Waals surface area contributed by atoms with Gasteiger partial charge in [0.1, 0.15) is 0 Å². The largest absolute Gasteiger partial charge is 0.378 e. The van der Waals surface area contributed by atoms with Gasteiger partial charge in [-0.15, -0.1) is 0 Å². The van der Waals surface area contributed by atoms with Crippen molar-refractivity contribution in [3.63, 3.8) is 0 Å². The lowest BCUT2D eigenvalue weighted by Gasteiger charge is -2.32. The number of sulfonamides is 1. The predicted molar refractivity (Wildman–Crippen MR) is 65.6 cm³/mol. The normalized spacial score (nSPS) is 22.6. The maximum Gasteiger partial charge on any atom is 0.243 e. The summed E-state index contributed by atoms with van der Waals surface area (Å²) in [6.45, 7) is 3.08. The number of morpholine rings is 1. The summed E-state index contributed by atoms with van der Waals surface area (Å²) in [5.41, 5.74) is 0. The molecule has 4 nitrogen and oxygen atoms in total. The average molecular weight is 276 g/mol. The van der Waals surface area contributed by atoms with Crippen LogP contribution >= 0.6 is 11.6 Å². The first-order chi connectivity index (χ1) is 8.01. The molecule has 0 N–H and O–H groups in total. The molecular formula is C11H14ClNO3S. The summed E-state index contributed by atoms with van der Waals surface area (Å²) in [6, 6.07) is 6.18. The fourth-order valence-electron chi connectivity index (χ4n) is 1.83. The summed E-state index contributed by atoms with van der Waals surface area (Å²) >= 11 is 5.82. The van der Waals surface area contributed by atoms with E-state index in [1.165, 1.54) is 10.4 Å². The van der Waals surface area contributed by atoms with Gasteiger partial charge in [0.2, 0.25) is 10.0 Å². The summed E-state index contributed by atoms with van der Waals surface area (Å²) in [5, 5.41) is 0.423. The van der Waals surface area contributed by atoms with Crippen molar-refractivity contribution in [2.45, 2.75) is 17.9 Å². The quantitative estimate of drug-likeness (QED) is 0.826. The zero-order valence-electron chi connectivity index (χ0n) is 9.47. The molecule has 1 atom stereocenters. The fourth-order valence-corrected chi connectivity index (χ4v) is 3.73. The fraction of sp³-hybridized carbons (Fsp3) is 0.455. The molecule has 0 spiro atoms. The second-order valence-electron chi connectivity index (χ2n) is 4.00. The van der Waals surface area contributed by atoms with Crippen molar-refractivity contribution in [1.82, 2.24) is 4.31 Å². The van der Waals surface area contributed by atoms with Gasteiger partial charge in [-0.25, -0.2) is 8.42 Å². The van der Waals surface area contributed by atoms with Gasteiger partial charge in [-0.2, -0.15) is 4.31 Å². The van der Waals surface area contributed by atoms with Crippen LogP contribution in [0.25, 0.3) is 0 Å². The van der Waals surface area contributed by atoms with Gasteiger partial charge in [0.05, 0.1) is 18.1 Å². The first-order valence-electron chi connectivity index (χ1n) is 5.37. The van der Waals surface area contributed by atoms with Crippen LogP contribution in [0.5, 0.6) is 0 Å². The molecule has 0 radical (unpaired) electrons. The number of hydrogen-bond acceptors (Lipinski definition) is 3. The zero-order valence-corrected chi connectivity index (χ0v) is 11.0. The highest BCUT2D eigenvalue weighted by atomic mass is 35.5.